The summed E-state index contributed by atoms with van der Waals surface area (Å²) >= 11 is 1.65. The zero-order valence-electron chi connectivity index (χ0n) is 12.4. The van der Waals surface area contributed by atoms with Gasteiger partial charge in [-0.2, -0.15) is 0 Å². The molecule has 0 fully saturated rings. The zero-order valence-corrected chi connectivity index (χ0v) is 13.2. The lowest BCUT2D eigenvalue weighted by Crippen LogP contribution is -2.13. The minimum atomic E-state index is -0.149. The molecule has 2 aromatic carbocycles. The van der Waals surface area contributed by atoms with Crippen LogP contribution in [0.25, 0.3) is 16.9 Å². The second-order valence-electron chi connectivity index (χ2n) is 4.77. The number of H-pyrrole nitrogens is 1. The van der Waals surface area contributed by atoms with Crippen molar-refractivity contribution in [2.45, 2.75) is 4.90 Å². The Hall–Kier alpha value is -2.40. The summed E-state index contributed by atoms with van der Waals surface area (Å²) in [5, 5.41) is 0. The summed E-state index contributed by atoms with van der Waals surface area (Å²) in [5.74, 6) is 0.790. The Kier molecular flexibility index (Phi) is 4.06. The highest BCUT2D eigenvalue weighted by molar-refractivity contribution is 7.98. The Morgan fingerprint density at radius 1 is 1.14 bits per heavy atom. The second kappa shape index (κ2) is 6.15. The average Bonchev–Trinajstić information content (AvgIpc) is 2.97. The minimum absolute atomic E-state index is 0.149. The second-order valence-corrected chi connectivity index (χ2v) is 5.65. The normalized spacial score (nSPS) is 10.6. The molecule has 0 saturated carbocycles. The van der Waals surface area contributed by atoms with Gasteiger partial charge < -0.3 is 9.72 Å². The Morgan fingerprint density at radius 2 is 1.91 bits per heavy atom. The molecule has 0 aliphatic carbocycles. The van der Waals surface area contributed by atoms with Crippen LogP contribution in [0.3, 0.4) is 0 Å². The Labute approximate surface area is 132 Å². The molecule has 22 heavy (non-hydrogen) atoms. The molecule has 0 spiro atoms. The van der Waals surface area contributed by atoms with Crippen LogP contribution in [-0.2, 0) is 0 Å². The van der Waals surface area contributed by atoms with Crippen LogP contribution in [0.15, 0.2) is 64.4 Å². The molecule has 1 N–H and O–H groups in total. The number of hydrogen-bond donors (Lipinski definition) is 1. The predicted molar refractivity (Wildman–Crippen MR) is 90.2 cm³/mol. The van der Waals surface area contributed by atoms with Crippen molar-refractivity contribution in [1.29, 1.82) is 0 Å². The van der Waals surface area contributed by atoms with E-state index in [1.54, 1.807) is 23.4 Å². The molecule has 0 aliphatic heterocycles. The van der Waals surface area contributed by atoms with E-state index in [1.807, 2.05) is 61.0 Å². The average molecular weight is 312 g/mol. The van der Waals surface area contributed by atoms with Crippen LogP contribution in [-0.4, -0.2) is 22.9 Å². The molecule has 0 radical (unpaired) electrons. The van der Waals surface area contributed by atoms with Crippen molar-refractivity contribution in [2.75, 3.05) is 13.4 Å². The number of nitrogens with zero attached hydrogens (tertiary/aromatic N) is 1. The lowest BCUT2D eigenvalue weighted by molar-refractivity contribution is 0.415. The van der Waals surface area contributed by atoms with Gasteiger partial charge in [-0.05, 0) is 54.3 Å². The van der Waals surface area contributed by atoms with E-state index in [0.717, 1.165) is 27.6 Å². The van der Waals surface area contributed by atoms with Crippen molar-refractivity contribution < 1.29 is 4.74 Å². The monoisotopic (exact) mass is 312 g/mol. The number of imidazole rings is 1. The first-order chi connectivity index (χ1) is 10.7. The van der Waals surface area contributed by atoms with Gasteiger partial charge in [-0.3, -0.25) is 4.57 Å². The summed E-state index contributed by atoms with van der Waals surface area (Å²) < 4.78 is 6.77. The number of nitrogens with one attached hydrogen (secondary N) is 1. The maximum absolute atomic E-state index is 12.2. The molecule has 1 heterocycles. The van der Waals surface area contributed by atoms with Crippen LogP contribution in [0.2, 0.25) is 0 Å². The van der Waals surface area contributed by atoms with Gasteiger partial charge in [0.05, 0.1) is 18.5 Å². The number of benzene rings is 2. The van der Waals surface area contributed by atoms with E-state index in [-0.39, 0.29) is 5.69 Å². The summed E-state index contributed by atoms with van der Waals surface area (Å²) in [5.41, 5.74) is 2.43. The van der Waals surface area contributed by atoms with Crippen LogP contribution in [0.1, 0.15) is 0 Å². The van der Waals surface area contributed by atoms with Gasteiger partial charge >= 0.3 is 5.69 Å². The van der Waals surface area contributed by atoms with E-state index in [9.17, 15) is 4.79 Å². The third kappa shape index (κ3) is 2.80. The first-order valence-electron chi connectivity index (χ1n) is 6.82. The highest BCUT2D eigenvalue weighted by Gasteiger charge is 2.07. The smallest absolute Gasteiger partial charge is 0.330 e. The molecule has 3 aromatic rings. The third-order valence-corrected chi connectivity index (χ3v) is 4.18. The lowest BCUT2D eigenvalue weighted by atomic mass is 10.1. The molecule has 0 saturated heterocycles. The first-order valence-corrected chi connectivity index (χ1v) is 8.04. The minimum Gasteiger partial charge on any atom is -0.497 e. The van der Waals surface area contributed by atoms with Gasteiger partial charge in [0, 0.05) is 11.1 Å². The third-order valence-electron chi connectivity index (χ3n) is 3.45. The maximum atomic E-state index is 12.2. The van der Waals surface area contributed by atoms with E-state index in [0.29, 0.717) is 0 Å². The van der Waals surface area contributed by atoms with Crippen molar-refractivity contribution in [3.8, 4) is 22.7 Å². The first kappa shape index (κ1) is 14.5. The van der Waals surface area contributed by atoms with Crippen molar-refractivity contribution in [3.63, 3.8) is 0 Å². The maximum Gasteiger partial charge on any atom is 0.330 e. The van der Waals surface area contributed by atoms with Crippen molar-refractivity contribution >= 4 is 11.8 Å². The quantitative estimate of drug-likeness (QED) is 0.749. The van der Waals surface area contributed by atoms with Gasteiger partial charge in [0.2, 0.25) is 0 Å². The molecule has 1 aromatic heterocycles. The molecular weight excluding hydrogens is 296 g/mol. The van der Waals surface area contributed by atoms with E-state index >= 15 is 0 Å². The number of hydrogen-bond acceptors (Lipinski definition) is 3. The predicted octanol–water partition coefficient (Wildman–Crippen LogP) is 3.56. The van der Waals surface area contributed by atoms with Crippen molar-refractivity contribution in [2.24, 2.45) is 0 Å². The fourth-order valence-corrected chi connectivity index (χ4v) is 2.72. The van der Waals surface area contributed by atoms with Crippen molar-refractivity contribution in [3.05, 3.63) is 65.2 Å². The number of ether oxygens (including phenoxy) is 1. The van der Waals surface area contributed by atoms with Gasteiger partial charge in [0.1, 0.15) is 5.75 Å². The number of methoxy groups -OCH3 is 1. The van der Waals surface area contributed by atoms with Crippen LogP contribution >= 0.6 is 11.8 Å². The van der Waals surface area contributed by atoms with Crippen LogP contribution < -0.4 is 10.4 Å². The standard InChI is InChI=1S/C17H16N2O2S/c1-21-14-8-6-12(7-9-14)16-11-19(17(20)18-16)13-4-3-5-15(10-13)22-2/h3-11H,1-2H3,(H,18,20). The summed E-state index contributed by atoms with van der Waals surface area (Å²) in [7, 11) is 1.63. The highest BCUT2D eigenvalue weighted by Crippen LogP contribution is 2.22. The fourth-order valence-electron chi connectivity index (χ4n) is 2.26. The van der Waals surface area contributed by atoms with Crippen LogP contribution in [0, 0.1) is 0 Å². The molecule has 0 aliphatic rings. The molecule has 4 nitrogen and oxygen atoms in total. The van der Waals surface area contributed by atoms with Gasteiger partial charge in [-0.15, -0.1) is 11.8 Å². The molecule has 3 rings (SSSR count). The number of thioether (sulfide) groups is 1. The Balaban J connectivity index is 2.01. The SMILES string of the molecule is COc1ccc(-c2cn(-c3cccc(SC)c3)c(=O)[nH]2)cc1. The summed E-state index contributed by atoms with van der Waals surface area (Å²) in [6.45, 7) is 0. The molecule has 0 atom stereocenters. The van der Waals surface area contributed by atoms with Gasteiger partial charge in [0.15, 0.2) is 0 Å². The molecule has 5 heteroatoms. The Bertz CT molecular complexity index is 834. The van der Waals surface area contributed by atoms with E-state index in [2.05, 4.69) is 4.98 Å². The highest BCUT2D eigenvalue weighted by atomic mass is 32.2. The van der Waals surface area contributed by atoms with Gasteiger partial charge in [-0.25, -0.2) is 4.79 Å². The van der Waals surface area contributed by atoms with Gasteiger partial charge in [-0.1, -0.05) is 6.07 Å². The largest absolute Gasteiger partial charge is 0.497 e. The molecular formula is C17H16N2O2S. The van der Waals surface area contributed by atoms with E-state index in [1.165, 1.54) is 0 Å². The van der Waals surface area contributed by atoms with Crippen LogP contribution in [0.4, 0.5) is 0 Å². The topological polar surface area (TPSA) is 47.0 Å². The summed E-state index contributed by atoms with van der Waals surface area (Å²) in [6, 6.07) is 15.5. The molecule has 0 amide bonds. The van der Waals surface area contributed by atoms with Crippen LogP contribution in [0.5, 0.6) is 5.75 Å². The lowest BCUT2D eigenvalue weighted by Gasteiger charge is -2.03. The van der Waals surface area contributed by atoms with E-state index < -0.39 is 0 Å². The van der Waals surface area contributed by atoms with Crippen molar-refractivity contribution in [1.82, 2.24) is 9.55 Å². The van der Waals surface area contributed by atoms with Gasteiger partial charge in [0.25, 0.3) is 0 Å². The fraction of sp³-hybridized carbons (Fsp3) is 0.118. The van der Waals surface area contributed by atoms with E-state index in [4.69, 9.17) is 4.74 Å². The zero-order chi connectivity index (χ0) is 15.5. The number of rotatable bonds is 4. The Morgan fingerprint density at radius 3 is 2.59 bits per heavy atom. The molecule has 112 valence electrons. The molecule has 0 bridgehead atoms. The molecule has 0 unspecified atom stereocenters. The number of aromatic amines is 1. The number of aromatic nitrogens is 2. The summed E-state index contributed by atoms with van der Waals surface area (Å²) in [6.07, 6.45) is 3.84. The summed E-state index contributed by atoms with van der Waals surface area (Å²) in [4.78, 5) is 16.2.